The van der Waals surface area contributed by atoms with Crippen LogP contribution in [0.3, 0.4) is 0 Å². The highest BCUT2D eigenvalue weighted by atomic mass is 32.2. The van der Waals surface area contributed by atoms with Crippen LogP contribution >= 0.6 is 11.8 Å². The Labute approximate surface area is 128 Å². The molecule has 21 heavy (non-hydrogen) atoms. The molecule has 0 radical (unpaired) electrons. The highest BCUT2D eigenvalue weighted by Crippen LogP contribution is 2.37. The molecule has 5 heteroatoms. The van der Waals surface area contributed by atoms with Gasteiger partial charge in [0.1, 0.15) is 5.78 Å². The monoisotopic (exact) mass is 308 g/mol. The van der Waals surface area contributed by atoms with Crippen LogP contribution in [0.5, 0.6) is 0 Å². The largest absolute Gasteiger partial charge is 0.481 e. The number of ketones is 1. The molecule has 0 amide bonds. The van der Waals surface area contributed by atoms with Gasteiger partial charge in [0, 0.05) is 23.9 Å². The Morgan fingerprint density at radius 2 is 2.05 bits per heavy atom. The van der Waals surface area contributed by atoms with E-state index in [-0.39, 0.29) is 12.2 Å². The average molecular weight is 308 g/mol. The van der Waals surface area contributed by atoms with Crippen molar-refractivity contribution in [2.75, 3.05) is 19.0 Å². The van der Waals surface area contributed by atoms with E-state index in [4.69, 9.17) is 9.84 Å². The van der Waals surface area contributed by atoms with Crippen molar-refractivity contribution in [3.63, 3.8) is 0 Å². The smallest absolute Gasteiger partial charge is 0.304 e. The minimum atomic E-state index is -0.789. The van der Waals surface area contributed by atoms with Crippen molar-refractivity contribution in [1.82, 2.24) is 0 Å². The number of carboxylic acid groups (broad SMARTS) is 1. The first-order chi connectivity index (χ1) is 10.0. The molecule has 114 valence electrons. The molecule has 1 aromatic rings. The topological polar surface area (TPSA) is 63.6 Å². The number of carbonyl (C=O) groups excluding carboxylic acids is 1. The molecule has 2 rings (SSSR count). The highest BCUT2D eigenvalue weighted by molar-refractivity contribution is 7.99. The van der Waals surface area contributed by atoms with Crippen molar-refractivity contribution in [3.05, 3.63) is 29.8 Å². The van der Waals surface area contributed by atoms with Gasteiger partial charge in [-0.25, -0.2) is 0 Å². The molecule has 4 nitrogen and oxygen atoms in total. The van der Waals surface area contributed by atoms with Crippen LogP contribution < -0.4 is 0 Å². The van der Waals surface area contributed by atoms with Gasteiger partial charge in [0.15, 0.2) is 0 Å². The second kappa shape index (κ2) is 7.09. The summed E-state index contributed by atoms with van der Waals surface area (Å²) in [6.45, 7) is 2.86. The van der Waals surface area contributed by atoms with Crippen molar-refractivity contribution in [2.45, 2.75) is 36.5 Å². The number of ether oxygens (including phenoxy) is 1. The van der Waals surface area contributed by atoms with E-state index in [0.717, 1.165) is 10.5 Å². The van der Waals surface area contributed by atoms with Crippen LogP contribution in [0.2, 0.25) is 0 Å². The summed E-state index contributed by atoms with van der Waals surface area (Å²) in [5.41, 5.74) is 0.584. The van der Waals surface area contributed by atoms with Crippen molar-refractivity contribution in [1.29, 1.82) is 0 Å². The molecule has 1 fully saturated rings. The summed E-state index contributed by atoms with van der Waals surface area (Å²) in [5, 5.41) is 8.69. The molecule has 0 atom stereocenters. The van der Waals surface area contributed by atoms with Gasteiger partial charge in [-0.05, 0) is 37.5 Å². The van der Waals surface area contributed by atoms with Crippen LogP contribution in [-0.2, 0) is 19.7 Å². The van der Waals surface area contributed by atoms with Crippen molar-refractivity contribution >= 4 is 23.5 Å². The quantitative estimate of drug-likeness (QED) is 0.819. The number of hydrogen-bond acceptors (Lipinski definition) is 4. The number of benzene rings is 1. The van der Waals surface area contributed by atoms with Crippen LogP contribution in [0, 0.1) is 0 Å². The fraction of sp³-hybridized carbons (Fsp3) is 0.500. The van der Waals surface area contributed by atoms with Gasteiger partial charge in [0.2, 0.25) is 0 Å². The van der Waals surface area contributed by atoms with Gasteiger partial charge in [-0.15, -0.1) is 11.8 Å². The molecular weight excluding hydrogens is 288 g/mol. The van der Waals surface area contributed by atoms with Crippen molar-refractivity contribution in [3.8, 4) is 0 Å². The maximum atomic E-state index is 12.2. The van der Waals surface area contributed by atoms with Gasteiger partial charge < -0.3 is 9.84 Å². The minimum absolute atomic E-state index is 0.139. The number of hydrogen-bond donors (Lipinski definition) is 1. The average Bonchev–Trinajstić information content (AvgIpc) is 2.48. The molecule has 1 aliphatic heterocycles. The first-order valence-corrected chi connectivity index (χ1v) is 8.07. The number of Topliss-reactive ketones (excluding diaryl/α,β-unsaturated/α-hetero) is 1. The van der Waals surface area contributed by atoms with Gasteiger partial charge in [0.25, 0.3) is 0 Å². The second-order valence-corrected chi connectivity index (χ2v) is 6.44. The third-order valence-corrected chi connectivity index (χ3v) is 4.99. The van der Waals surface area contributed by atoms with Gasteiger partial charge >= 0.3 is 5.97 Å². The number of carbonyl (C=O) groups is 2. The van der Waals surface area contributed by atoms with E-state index in [1.165, 1.54) is 11.8 Å². The number of aliphatic carboxylic acids is 1. The van der Waals surface area contributed by atoms with E-state index in [1.54, 1.807) is 6.92 Å². The van der Waals surface area contributed by atoms with E-state index in [2.05, 4.69) is 0 Å². The van der Waals surface area contributed by atoms with Crippen LogP contribution in [-0.4, -0.2) is 35.8 Å². The highest BCUT2D eigenvalue weighted by Gasteiger charge is 2.38. The van der Waals surface area contributed by atoms with Crippen molar-refractivity contribution < 1.29 is 19.4 Å². The molecule has 1 aromatic carbocycles. The zero-order valence-corrected chi connectivity index (χ0v) is 12.9. The minimum Gasteiger partial charge on any atom is -0.481 e. The molecule has 0 aliphatic carbocycles. The van der Waals surface area contributed by atoms with E-state index < -0.39 is 11.4 Å². The Kier molecular flexibility index (Phi) is 5.42. The SMILES string of the molecule is CC(=O)C1(c2cccc(SCCC(=O)O)c2)CCOCC1. The third-order valence-electron chi connectivity index (χ3n) is 3.99. The molecule has 0 unspecified atom stereocenters. The van der Waals surface area contributed by atoms with Crippen LogP contribution in [0.4, 0.5) is 0 Å². The summed E-state index contributed by atoms with van der Waals surface area (Å²) in [4.78, 5) is 23.8. The molecule has 0 spiro atoms. The predicted octanol–water partition coefficient (Wildman–Crippen LogP) is 2.89. The lowest BCUT2D eigenvalue weighted by Crippen LogP contribution is -2.40. The van der Waals surface area contributed by atoms with Crippen LogP contribution in [0.1, 0.15) is 31.7 Å². The first kappa shape index (κ1) is 16.0. The summed E-state index contributed by atoms with van der Waals surface area (Å²) in [6, 6.07) is 7.93. The summed E-state index contributed by atoms with van der Waals surface area (Å²) >= 11 is 1.51. The second-order valence-electron chi connectivity index (χ2n) is 5.27. The molecule has 1 N–H and O–H groups in total. The standard InChI is InChI=1S/C16H20O4S/c1-12(17)16(6-8-20-9-7-16)13-3-2-4-14(11-13)21-10-5-15(18)19/h2-4,11H,5-10H2,1H3,(H,18,19). The molecular formula is C16H20O4S. The Morgan fingerprint density at radius 1 is 1.33 bits per heavy atom. The fourth-order valence-corrected chi connectivity index (χ4v) is 3.60. The fourth-order valence-electron chi connectivity index (χ4n) is 2.70. The van der Waals surface area contributed by atoms with E-state index in [1.807, 2.05) is 24.3 Å². The van der Waals surface area contributed by atoms with Crippen LogP contribution in [0.15, 0.2) is 29.2 Å². The van der Waals surface area contributed by atoms with Gasteiger partial charge in [-0.2, -0.15) is 0 Å². The summed E-state index contributed by atoms with van der Waals surface area (Å²) < 4.78 is 5.40. The summed E-state index contributed by atoms with van der Waals surface area (Å²) in [5.74, 6) is -0.0728. The lowest BCUT2D eigenvalue weighted by molar-refractivity contribution is -0.136. The Hall–Kier alpha value is -1.33. The third kappa shape index (κ3) is 3.86. The maximum Gasteiger partial charge on any atom is 0.304 e. The van der Waals surface area contributed by atoms with Crippen molar-refractivity contribution in [2.24, 2.45) is 0 Å². The Balaban J connectivity index is 2.18. The first-order valence-electron chi connectivity index (χ1n) is 7.08. The van der Waals surface area contributed by atoms with Gasteiger partial charge in [-0.3, -0.25) is 9.59 Å². The number of thioether (sulfide) groups is 1. The zero-order chi connectivity index (χ0) is 15.3. The van der Waals surface area contributed by atoms with E-state index >= 15 is 0 Å². The number of carboxylic acids is 1. The summed E-state index contributed by atoms with van der Waals surface area (Å²) in [7, 11) is 0. The van der Waals surface area contributed by atoms with Gasteiger partial charge in [-0.1, -0.05) is 12.1 Å². The molecule has 1 saturated heterocycles. The molecule has 0 bridgehead atoms. The Bertz CT molecular complexity index is 521. The number of rotatable bonds is 6. The molecule has 1 aliphatic rings. The molecule has 1 heterocycles. The Morgan fingerprint density at radius 3 is 2.67 bits per heavy atom. The zero-order valence-electron chi connectivity index (χ0n) is 12.1. The lowest BCUT2D eigenvalue weighted by Gasteiger charge is -2.35. The molecule has 0 aromatic heterocycles. The lowest BCUT2D eigenvalue weighted by atomic mass is 9.71. The van der Waals surface area contributed by atoms with Crippen LogP contribution in [0.25, 0.3) is 0 Å². The van der Waals surface area contributed by atoms with Gasteiger partial charge in [0.05, 0.1) is 11.8 Å². The summed E-state index contributed by atoms with van der Waals surface area (Å²) in [6.07, 6.45) is 1.57. The predicted molar refractivity (Wildman–Crippen MR) is 81.8 cm³/mol. The molecule has 0 saturated carbocycles. The maximum absolute atomic E-state index is 12.2. The van der Waals surface area contributed by atoms with E-state index in [9.17, 15) is 9.59 Å². The normalized spacial score (nSPS) is 17.4. The van der Waals surface area contributed by atoms with E-state index in [0.29, 0.717) is 31.8 Å².